The van der Waals surface area contributed by atoms with Crippen LogP contribution >= 0.6 is 0 Å². The summed E-state index contributed by atoms with van der Waals surface area (Å²) in [7, 11) is 0. The van der Waals surface area contributed by atoms with E-state index in [4.69, 9.17) is 4.74 Å². The monoisotopic (exact) mass is 334 g/mol. The van der Waals surface area contributed by atoms with Gasteiger partial charge in [-0.25, -0.2) is 0 Å². The minimum Gasteiger partial charge on any atom is -0.371 e. The van der Waals surface area contributed by atoms with Gasteiger partial charge in [0, 0.05) is 0 Å². The predicted octanol–water partition coefficient (Wildman–Crippen LogP) is 5.97. The molecule has 2 aliphatic rings. The maximum atomic E-state index is 6.90. The van der Waals surface area contributed by atoms with Gasteiger partial charge in [-0.2, -0.15) is 0 Å². The van der Waals surface area contributed by atoms with Gasteiger partial charge in [0.2, 0.25) is 0 Å². The smallest absolute Gasteiger partial charge is 0.0686 e. The van der Waals surface area contributed by atoms with Crippen LogP contribution in [0.5, 0.6) is 0 Å². The number of ether oxygens (including phenoxy) is 1. The van der Waals surface area contributed by atoms with E-state index in [0.29, 0.717) is 12.0 Å². The molecule has 1 aliphatic heterocycles. The Labute approximate surface area is 152 Å². The van der Waals surface area contributed by atoms with Gasteiger partial charge in [0.1, 0.15) is 0 Å². The molecule has 1 saturated heterocycles. The van der Waals surface area contributed by atoms with Crippen LogP contribution < -0.4 is 0 Å². The Morgan fingerprint density at radius 1 is 0.720 bits per heavy atom. The van der Waals surface area contributed by atoms with Gasteiger partial charge >= 0.3 is 0 Å². The molecule has 25 heavy (non-hydrogen) atoms. The third-order valence-corrected chi connectivity index (χ3v) is 6.28. The SMILES string of the molecule is c1ccc(CC2CCC3(CCCCC3)OC2Cc2ccccc2)cc1. The highest BCUT2D eigenvalue weighted by molar-refractivity contribution is 5.18. The van der Waals surface area contributed by atoms with Crippen molar-refractivity contribution in [1.29, 1.82) is 0 Å². The molecule has 4 rings (SSSR count). The van der Waals surface area contributed by atoms with Gasteiger partial charge in [0.15, 0.2) is 0 Å². The van der Waals surface area contributed by atoms with Gasteiger partial charge in [-0.1, -0.05) is 79.9 Å². The number of benzene rings is 2. The van der Waals surface area contributed by atoms with E-state index in [0.717, 1.165) is 12.8 Å². The maximum absolute atomic E-state index is 6.90. The molecule has 132 valence electrons. The van der Waals surface area contributed by atoms with Crippen LogP contribution in [-0.2, 0) is 17.6 Å². The average Bonchev–Trinajstić information content (AvgIpc) is 2.67. The minimum absolute atomic E-state index is 0.185. The molecule has 2 unspecified atom stereocenters. The van der Waals surface area contributed by atoms with Crippen molar-refractivity contribution in [2.24, 2.45) is 5.92 Å². The van der Waals surface area contributed by atoms with E-state index in [9.17, 15) is 0 Å². The molecule has 1 saturated carbocycles. The molecule has 1 spiro atoms. The van der Waals surface area contributed by atoms with Crippen LogP contribution in [0.2, 0.25) is 0 Å². The van der Waals surface area contributed by atoms with Crippen LogP contribution in [0.3, 0.4) is 0 Å². The Morgan fingerprint density at radius 2 is 1.32 bits per heavy atom. The van der Waals surface area contributed by atoms with Crippen LogP contribution in [0.4, 0.5) is 0 Å². The van der Waals surface area contributed by atoms with Crippen molar-refractivity contribution in [2.75, 3.05) is 0 Å². The van der Waals surface area contributed by atoms with E-state index in [2.05, 4.69) is 60.7 Å². The van der Waals surface area contributed by atoms with Gasteiger partial charge < -0.3 is 4.74 Å². The van der Waals surface area contributed by atoms with Crippen molar-refractivity contribution in [2.45, 2.75) is 69.5 Å². The summed E-state index contributed by atoms with van der Waals surface area (Å²) in [6.07, 6.45) is 11.8. The number of hydrogen-bond donors (Lipinski definition) is 0. The van der Waals surface area contributed by atoms with Crippen molar-refractivity contribution in [3.63, 3.8) is 0 Å². The summed E-state index contributed by atoms with van der Waals surface area (Å²) in [6.45, 7) is 0. The zero-order valence-corrected chi connectivity index (χ0v) is 15.2. The third-order valence-electron chi connectivity index (χ3n) is 6.28. The molecule has 0 radical (unpaired) electrons. The minimum atomic E-state index is 0.185. The largest absolute Gasteiger partial charge is 0.371 e. The van der Waals surface area contributed by atoms with E-state index in [-0.39, 0.29) is 5.60 Å². The molecule has 0 bridgehead atoms. The summed E-state index contributed by atoms with van der Waals surface area (Å²) in [5, 5.41) is 0. The molecule has 2 atom stereocenters. The summed E-state index contributed by atoms with van der Waals surface area (Å²) >= 11 is 0. The lowest BCUT2D eigenvalue weighted by Gasteiger charge is -2.47. The normalized spacial score (nSPS) is 25.8. The first-order valence-electron chi connectivity index (χ1n) is 10.1. The lowest BCUT2D eigenvalue weighted by atomic mass is 9.74. The Morgan fingerprint density at radius 3 is 1.96 bits per heavy atom. The van der Waals surface area contributed by atoms with Crippen LogP contribution in [0.15, 0.2) is 60.7 Å². The topological polar surface area (TPSA) is 9.23 Å². The third kappa shape index (κ3) is 4.15. The first-order chi connectivity index (χ1) is 12.3. The molecule has 0 amide bonds. The molecule has 0 aromatic heterocycles. The quantitative estimate of drug-likeness (QED) is 0.669. The second-order valence-corrected chi connectivity index (χ2v) is 8.08. The fourth-order valence-corrected chi connectivity index (χ4v) is 4.88. The summed E-state index contributed by atoms with van der Waals surface area (Å²) in [6, 6.07) is 21.9. The molecule has 2 fully saturated rings. The molecule has 1 aliphatic carbocycles. The van der Waals surface area contributed by atoms with Gasteiger partial charge in [-0.05, 0) is 55.6 Å². The highest BCUT2D eigenvalue weighted by atomic mass is 16.5. The Kier molecular flexibility index (Phi) is 5.22. The summed E-state index contributed by atoms with van der Waals surface area (Å²) in [4.78, 5) is 0. The zero-order valence-electron chi connectivity index (χ0n) is 15.2. The first-order valence-corrected chi connectivity index (χ1v) is 10.1. The van der Waals surface area contributed by atoms with Gasteiger partial charge in [-0.3, -0.25) is 0 Å². The second-order valence-electron chi connectivity index (χ2n) is 8.08. The highest BCUT2D eigenvalue weighted by Gasteiger charge is 2.42. The highest BCUT2D eigenvalue weighted by Crippen LogP contribution is 2.43. The summed E-state index contributed by atoms with van der Waals surface area (Å²) in [5.74, 6) is 0.634. The van der Waals surface area contributed by atoms with Gasteiger partial charge in [0.25, 0.3) is 0 Å². The van der Waals surface area contributed by atoms with Crippen LogP contribution in [-0.4, -0.2) is 11.7 Å². The maximum Gasteiger partial charge on any atom is 0.0686 e. The molecule has 2 aromatic rings. The molecule has 0 N–H and O–H groups in total. The molecule has 1 nitrogen and oxygen atoms in total. The van der Waals surface area contributed by atoms with Crippen LogP contribution in [0.1, 0.15) is 56.1 Å². The average molecular weight is 335 g/mol. The number of rotatable bonds is 4. The van der Waals surface area contributed by atoms with Crippen molar-refractivity contribution in [3.8, 4) is 0 Å². The van der Waals surface area contributed by atoms with E-state index in [1.54, 1.807) is 0 Å². The standard InChI is InChI=1S/C24H30O/c1-4-10-20(11-5-1)18-22-14-17-24(15-8-3-9-16-24)25-23(22)19-21-12-6-2-7-13-21/h1-2,4-7,10-13,22-23H,3,8-9,14-19H2. The van der Waals surface area contributed by atoms with Crippen molar-refractivity contribution >= 4 is 0 Å². The summed E-state index contributed by atoms with van der Waals surface area (Å²) < 4.78 is 6.90. The Bertz CT molecular complexity index is 642. The van der Waals surface area contributed by atoms with E-state index in [1.165, 1.54) is 56.1 Å². The lowest BCUT2D eigenvalue weighted by Crippen LogP contribution is -2.47. The Balaban J connectivity index is 1.52. The van der Waals surface area contributed by atoms with Crippen molar-refractivity contribution in [3.05, 3.63) is 71.8 Å². The van der Waals surface area contributed by atoms with Gasteiger partial charge in [0.05, 0.1) is 11.7 Å². The van der Waals surface area contributed by atoms with Crippen LogP contribution in [0, 0.1) is 5.92 Å². The first kappa shape index (κ1) is 16.8. The van der Waals surface area contributed by atoms with Gasteiger partial charge in [-0.15, -0.1) is 0 Å². The van der Waals surface area contributed by atoms with E-state index < -0.39 is 0 Å². The Hall–Kier alpha value is -1.60. The zero-order chi connectivity index (χ0) is 17.0. The second kappa shape index (κ2) is 7.74. The summed E-state index contributed by atoms with van der Waals surface area (Å²) in [5.41, 5.74) is 3.05. The molecular weight excluding hydrogens is 304 g/mol. The number of hydrogen-bond acceptors (Lipinski definition) is 1. The fourth-order valence-electron chi connectivity index (χ4n) is 4.88. The van der Waals surface area contributed by atoms with Crippen molar-refractivity contribution in [1.82, 2.24) is 0 Å². The van der Waals surface area contributed by atoms with E-state index in [1.807, 2.05) is 0 Å². The van der Waals surface area contributed by atoms with Crippen molar-refractivity contribution < 1.29 is 4.74 Å². The lowest BCUT2D eigenvalue weighted by molar-refractivity contribution is -0.167. The molecular formula is C24H30O. The molecule has 2 aromatic carbocycles. The molecule has 1 heterocycles. The van der Waals surface area contributed by atoms with E-state index >= 15 is 0 Å². The molecule has 1 heteroatoms. The fraction of sp³-hybridized carbons (Fsp3) is 0.500. The van der Waals surface area contributed by atoms with Crippen LogP contribution in [0.25, 0.3) is 0 Å². The predicted molar refractivity (Wildman–Crippen MR) is 104 cm³/mol.